The fraction of sp³-hybridized carbons (Fsp3) is 0.611. The summed E-state index contributed by atoms with van der Waals surface area (Å²) in [7, 11) is 0. The number of rotatable bonds is 4. The Bertz CT molecular complexity index is 541. The third-order valence-corrected chi connectivity index (χ3v) is 4.97. The van der Waals surface area contributed by atoms with Crippen molar-refractivity contribution in [2.45, 2.75) is 26.0 Å². The largest absolute Gasteiger partial charge is 0.390 e. The van der Waals surface area contributed by atoms with E-state index in [1.165, 1.54) is 11.1 Å². The van der Waals surface area contributed by atoms with Crippen molar-refractivity contribution in [3.8, 4) is 0 Å². The van der Waals surface area contributed by atoms with E-state index < -0.39 is 0 Å². The predicted octanol–water partition coefficient (Wildman–Crippen LogP) is 0.570. The first-order valence-corrected chi connectivity index (χ1v) is 8.57. The summed E-state index contributed by atoms with van der Waals surface area (Å²) in [5, 5.41) is 10.4. The van der Waals surface area contributed by atoms with Crippen LogP contribution in [0.2, 0.25) is 0 Å². The Kier molecular flexibility index (Phi) is 5.30. The summed E-state index contributed by atoms with van der Waals surface area (Å²) < 4.78 is 0. The van der Waals surface area contributed by atoms with Crippen LogP contribution in [0.15, 0.2) is 24.3 Å². The fourth-order valence-electron chi connectivity index (χ4n) is 3.61. The van der Waals surface area contributed by atoms with E-state index in [9.17, 15) is 9.90 Å². The lowest BCUT2D eigenvalue weighted by Crippen LogP contribution is -2.51. The predicted molar refractivity (Wildman–Crippen MR) is 90.1 cm³/mol. The molecule has 1 aromatic rings. The number of carbonyl (C=O) groups excluding carboxylic acids is 1. The van der Waals surface area contributed by atoms with E-state index in [-0.39, 0.29) is 12.0 Å². The minimum atomic E-state index is -0.329. The van der Waals surface area contributed by atoms with Gasteiger partial charge in [-0.05, 0) is 17.5 Å². The van der Waals surface area contributed by atoms with Crippen LogP contribution in [-0.4, -0.2) is 77.6 Å². The molecular weight excluding hydrogens is 290 g/mol. The molecule has 1 saturated heterocycles. The lowest BCUT2D eigenvalue weighted by atomic mass is 10.00. The van der Waals surface area contributed by atoms with E-state index in [1.54, 1.807) is 6.92 Å². The highest BCUT2D eigenvalue weighted by Crippen LogP contribution is 2.18. The minimum Gasteiger partial charge on any atom is -0.390 e. The molecule has 5 heteroatoms. The zero-order valence-electron chi connectivity index (χ0n) is 13.9. The van der Waals surface area contributed by atoms with Crippen LogP contribution in [0.3, 0.4) is 0 Å². The maximum absolute atomic E-state index is 11.3. The van der Waals surface area contributed by atoms with Crippen LogP contribution >= 0.6 is 0 Å². The van der Waals surface area contributed by atoms with Crippen LogP contribution in [0.5, 0.6) is 0 Å². The average Bonchev–Trinajstić information content (AvgIpc) is 2.55. The summed E-state index contributed by atoms with van der Waals surface area (Å²) in [5.41, 5.74) is 2.83. The van der Waals surface area contributed by atoms with Crippen molar-refractivity contribution in [3.63, 3.8) is 0 Å². The Morgan fingerprint density at radius 2 is 1.70 bits per heavy atom. The third-order valence-electron chi connectivity index (χ3n) is 4.97. The van der Waals surface area contributed by atoms with Crippen LogP contribution in [0.25, 0.3) is 0 Å². The molecule has 2 aliphatic heterocycles. The number of fused-ring (bicyclic) bond motifs is 1. The normalized spacial score (nSPS) is 21.0. The Balaban J connectivity index is 1.44. The first-order valence-electron chi connectivity index (χ1n) is 8.57. The summed E-state index contributed by atoms with van der Waals surface area (Å²) in [6.45, 7) is 8.28. The van der Waals surface area contributed by atoms with Crippen LogP contribution in [-0.2, 0) is 17.8 Å². The van der Waals surface area contributed by atoms with Gasteiger partial charge in [-0.25, -0.2) is 0 Å². The van der Waals surface area contributed by atoms with Crippen molar-refractivity contribution in [2.24, 2.45) is 0 Å². The summed E-state index contributed by atoms with van der Waals surface area (Å²) in [4.78, 5) is 17.8. The second-order valence-electron chi connectivity index (χ2n) is 6.71. The highest BCUT2D eigenvalue weighted by molar-refractivity contribution is 5.73. The molecule has 0 spiro atoms. The van der Waals surface area contributed by atoms with E-state index in [2.05, 4.69) is 34.1 Å². The van der Waals surface area contributed by atoms with Gasteiger partial charge in [0, 0.05) is 59.3 Å². The molecule has 5 nitrogen and oxygen atoms in total. The number of hydrogen-bond donors (Lipinski definition) is 1. The molecule has 1 fully saturated rings. The maximum Gasteiger partial charge on any atom is 0.219 e. The zero-order chi connectivity index (χ0) is 16.2. The molecular formula is C18H27N3O2. The molecule has 2 aliphatic rings. The lowest BCUT2D eigenvalue weighted by Gasteiger charge is -2.36. The van der Waals surface area contributed by atoms with E-state index >= 15 is 0 Å². The zero-order valence-corrected chi connectivity index (χ0v) is 13.9. The van der Waals surface area contributed by atoms with E-state index in [0.717, 1.165) is 52.2 Å². The molecule has 1 amide bonds. The van der Waals surface area contributed by atoms with Gasteiger partial charge in [0.15, 0.2) is 0 Å². The van der Waals surface area contributed by atoms with Crippen LogP contribution < -0.4 is 0 Å². The Hall–Kier alpha value is -1.43. The van der Waals surface area contributed by atoms with Gasteiger partial charge in [-0.2, -0.15) is 0 Å². The van der Waals surface area contributed by atoms with Crippen molar-refractivity contribution in [1.29, 1.82) is 0 Å². The molecule has 2 heterocycles. The first kappa shape index (κ1) is 16.4. The average molecular weight is 317 g/mol. The molecule has 0 radical (unpaired) electrons. The van der Waals surface area contributed by atoms with Gasteiger partial charge >= 0.3 is 0 Å². The number of amides is 1. The molecule has 126 valence electrons. The van der Waals surface area contributed by atoms with E-state index in [0.29, 0.717) is 6.54 Å². The number of β-amino-alcohol motifs (C(OH)–C–C–N with tert-alkyl or cyclic N) is 1. The summed E-state index contributed by atoms with van der Waals surface area (Å²) in [6, 6.07) is 8.59. The quantitative estimate of drug-likeness (QED) is 0.882. The number of aliphatic hydroxyl groups excluding tert-OH is 1. The number of piperazine rings is 1. The Morgan fingerprint density at radius 1 is 1.04 bits per heavy atom. The summed E-state index contributed by atoms with van der Waals surface area (Å²) in [5.74, 6) is 0.150. The van der Waals surface area contributed by atoms with E-state index in [1.807, 2.05) is 4.90 Å². The Morgan fingerprint density at radius 3 is 2.39 bits per heavy atom. The fourth-order valence-corrected chi connectivity index (χ4v) is 3.61. The van der Waals surface area contributed by atoms with Crippen molar-refractivity contribution in [3.05, 3.63) is 35.4 Å². The number of carbonyl (C=O) groups is 1. The van der Waals surface area contributed by atoms with Gasteiger partial charge in [0.05, 0.1) is 6.10 Å². The number of benzene rings is 1. The molecule has 0 aliphatic carbocycles. The lowest BCUT2D eigenvalue weighted by molar-refractivity contribution is -0.130. The molecule has 1 aromatic carbocycles. The van der Waals surface area contributed by atoms with E-state index in [4.69, 9.17) is 0 Å². The van der Waals surface area contributed by atoms with Crippen molar-refractivity contribution >= 4 is 5.91 Å². The van der Waals surface area contributed by atoms with Gasteiger partial charge in [0.25, 0.3) is 0 Å². The SMILES string of the molecule is CC(=O)N1CCN(CC(O)CN2CCc3ccccc3C2)CC1. The topological polar surface area (TPSA) is 47.0 Å². The molecule has 1 N–H and O–H groups in total. The van der Waals surface area contributed by atoms with Crippen molar-refractivity contribution in [2.75, 3.05) is 45.8 Å². The highest BCUT2D eigenvalue weighted by Gasteiger charge is 2.23. The minimum absolute atomic E-state index is 0.150. The molecule has 1 atom stereocenters. The van der Waals surface area contributed by atoms with Gasteiger partial charge in [-0.15, -0.1) is 0 Å². The maximum atomic E-state index is 11.3. The molecule has 3 rings (SSSR count). The molecule has 0 aromatic heterocycles. The summed E-state index contributed by atoms with van der Waals surface area (Å²) >= 11 is 0. The third kappa shape index (κ3) is 4.31. The summed E-state index contributed by atoms with van der Waals surface area (Å²) in [6.07, 6.45) is 0.740. The second kappa shape index (κ2) is 7.43. The molecule has 0 bridgehead atoms. The molecule has 1 unspecified atom stereocenters. The van der Waals surface area contributed by atoms with Crippen molar-refractivity contribution < 1.29 is 9.90 Å². The smallest absolute Gasteiger partial charge is 0.219 e. The number of nitrogens with zero attached hydrogens (tertiary/aromatic N) is 3. The van der Waals surface area contributed by atoms with Gasteiger partial charge < -0.3 is 10.0 Å². The number of aliphatic hydroxyl groups is 1. The molecule has 23 heavy (non-hydrogen) atoms. The van der Waals surface area contributed by atoms with Gasteiger partial charge in [0.2, 0.25) is 5.91 Å². The standard InChI is InChI=1S/C18H27N3O2/c1-15(22)21-10-8-19(9-11-21)13-18(23)14-20-7-6-16-4-2-3-5-17(16)12-20/h2-5,18,23H,6-14H2,1H3. The van der Waals surface area contributed by atoms with Gasteiger partial charge in [-0.1, -0.05) is 24.3 Å². The Labute approximate surface area is 138 Å². The van der Waals surface area contributed by atoms with Crippen LogP contribution in [0, 0.1) is 0 Å². The highest BCUT2D eigenvalue weighted by atomic mass is 16.3. The monoisotopic (exact) mass is 317 g/mol. The van der Waals surface area contributed by atoms with Gasteiger partial charge in [-0.3, -0.25) is 14.6 Å². The molecule has 0 saturated carbocycles. The first-order chi connectivity index (χ1) is 11.1. The van der Waals surface area contributed by atoms with Crippen LogP contribution in [0.1, 0.15) is 18.1 Å². The van der Waals surface area contributed by atoms with Crippen molar-refractivity contribution in [1.82, 2.24) is 14.7 Å². The second-order valence-corrected chi connectivity index (χ2v) is 6.71. The number of hydrogen-bond acceptors (Lipinski definition) is 4. The van der Waals surface area contributed by atoms with Gasteiger partial charge in [0.1, 0.15) is 0 Å². The van der Waals surface area contributed by atoms with Crippen LogP contribution in [0.4, 0.5) is 0 Å².